The van der Waals surface area contributed by atoms with Crippen molar-refractivity contribution < 1.29 is 18.3 Å². The Balaban J connectivity index is 2.27. The van der Waals surface area contributed by atoms with E-state index in [4.69, 9.17) is 4.74 Å². The van der Waals surface area contributed by atoms with Crippen molar-refractivity contribution >= 4 is 21.4 Å². The largest absolute Gasteiger partial charge is 0.391 e. The van der Waals surface area contributed by atoms with Crippen molar-refractivity contribution in [3.05, 3.63) is 16.5 Å². The topological polar surface area (TPSA) is 66.8 Å². The minimum atomic E-state index is -3.46. The standard InChI is InChI=1S/C12H19NO4S2/c1-9-7-12(18-11(9)8-14)19(15,16)13(5-6-17-2)10-3-4-10/h7,10,14H,3-6,8H2,1-2H3. The quantitative estimate of drug-likeness (QED) is 0.826. The zero-order valence-electron chi connectivity index (χ0n) is 11.1. The van der Waals surface area contributed by atoms with Gasteiger partial charge in [0, 0.05) is 24.6 Å². The Morgan fingerprint density at radius 3 is 2.68 bits per heavy atom. The lowest BCUT2D eigenvalue weighted by molar-refractivity contribution is 0.177. The lowest BCUT2D eigenvalue weighted by atomic mass is 10.3. The number of aryl methyl sites for hydroxylation is 1. The molecule has 108 valence electrons. The molecule has 0 radical (unpaired) electrons. The smallest absolute Gasteiger partial charge is 0.252 e. The first-order valence-corrected chi connectivity index (χ1v) is 8.47. The second kappa shape index (κ2) is 5.88. The van der Waals surface area contributed by atoms with E-state index in [1.807, 2.05) is 6.92 Å². The molecule has 0 amide bonds. The van der Waals surface area contributed by atoms with Crippen LogP contribution in [0, 0.1) is 6.92 Å². The molecule has 2 rings (SSSR count). The summed E-state index contributed by atoms with van der Waals surface area (Å²) >= 11 is 1.15. The van der Waals surface area contributed by atoms with Crippen LogP contribution in [0.15, 0.2) is 10.3 Å². The van der Waals surface area contributed by atoms with Crippen molar-refractivity contribution in [3.63, 3.8) is 0 Å². The maximum absolute atomic E-state index is 12.6. The van der Waals surface area contributed by atoms with Crippen LogP contribution in [0.2, 0.25) is 0 Å². The van der Waals surface area contributed by atoms with Gasteiger partial charge in [-0.2, -0.15) is 4.31 Å². The first kappa shape index (κ1) is 14.9. The number of aliphatic hydroxyl groups excluding tert-OH is 1. The van der Waals surface area contributed by atoms with Gasteiger partial charge < -0.3 is 9.84 Å². The van der Waals surface area contributed by atoms with Crippen molar-refractivity contribution in [2.45, 2.75) is 36.6 Å². The Labute approximate surface area is 117 Å². The number of ether oxygens (including phenoxy) is 1. The van der Waals surface area contributed by atoms with Crippen LogP contribution in [0.25, 0.3) is 0 Å². The Bertz CT molecular complexity index is 534. The Hall–Kier alpha value is -0.470. The van der Waals surface area contributed by atoms with Crippen molar-refractivity contribution in [1.82, 2.24) is 4.31 Å². The number of aliphatic hydroxyl groups is 1. The van der Waals surface area contributed by atoms with Crippen LogP contribution in [0.3, 0.4) is 0 Å². The highest BCUT2D eigenvalue weighted by Gasteiger charge is 2.38. The predicted molar refractivity (Wildman–Crippen MR) is 73.8 cm³/mol. The van der Waals surface area contributed by atoms with Gasteiger partial charge in [0.15, 0.2) is 0 Å². The summed E-state index contributed by atoms with van der Waals surface area (Å²) in [7, 11) is -1.89. The molecule has 0 unspecified atom stereocenters. The summed E-state index contributed by atoms with van der Waals surface area (Å²) in [5.41, 5.74) is 0.827. The van der Waals surface area contributed by atoms with E-state index in [0.29, 0.717) is 22.2 Å². The summed E-state index contributed by atoms with van der Waals surface area (Å²) in [6.45, 7) is 2.48. The van der Waals surface area contributed by atoms with E-state index in [1.54, 1.807) is 13.2 Å². The zero-order chi connectivity index (χ0) is 14.0. The van der Waals surface area contributed by atoms with Gasteiger partial charge in [-0.1, -0.05) is 0 Å². The fourth-order valence-electron chi connectivity index (χ4n) is 1.93. The normalized spacial score (nSPS) is 16.2. The van der Waals surface area contributed by atoms with Gasteiger partial charge in [0.25, 0.3) is 10.0 Å². The van der Waals surface area contributed by atoms with Crippen LogP contribution in [0.1, 0.15) is 23.3 Å². The fourth-order valence-corrected chi connectivity index (χ4v) is 5.18. The van der Waals surface area contributed by atoms with Crippen molar-refractivity contribution in [2.75, 3.05) is 20.3 Å². The van der Waals surface area contributed by atoms with Gasteiger partial charge in [-0.3, -0.25) is 0 Å². The molecule has 1 aliphatic carbocycles. The van der Waals surface area contributed by atoms with Crippen LogP contribution < -0.4 is 0 Å². The van der Waals surface area contributed by atoms with E-state index in [-0.39, 0.29) is 12.6 Å². The first-order chi connectivity index (χ1) is 9.00. The average molecular weight is 305 g/mol. The number of methoxy groups -OCH3 is 1. The number of hydrogen-bond acceptors (Lipinski definition) is 5. The van der Waals surface area contributed by atoms with Gasteiger partial charge in [-0.15, -0.1) is 11.3 Å². The van der Waals surface area contributed by atoms with Gasteiger partial charge in [-0.25, -0.2) is 8.42 Å². The summed E-state index contributed by atoms with van der Waals surface area (Å²) in [5, 5.41) is 9.18. The summed E-state index contributed by atoms with van der Waals surface area (Å²) in [6, 6.07) is 1.76. The van der Waals surface area contributed by atoms with Gasteiger partial charge in [-0.05, 0) is 31.4 Å². The van der Waals surface area contributed by atoms with Gasteiger partial charge in [0.1, 0.15) is 4.21 Å². The number of nitrogens with zero attached hydrogens (tertiary/aromatic N) is 1. The molecule has 1 heterocycles. The molecule has 7 heteroatoms. The van der Waals surface area contributed by atoms with Crippen LogP contribution in [0.5, 0.6) is 0 Å². The predicted octanol–water partition coefficient (Wildman–Crippen LogP) is 1.35. The third kappa shape index (κ3) is 3.17. The van der Waals surface area contributed by atoms with Crippen molar-refractivity contribution in [1.29, 1.82) is 0 Å². The molecular weight excluding hydrogens is 286 g/mol. The molecule has 1 fully saturated rings. The van der Waals surface area contributed by atoms with Crippen molar-refractivity contribution in [3.8, 4) is 0 Å². The third-order valence-corrected chi connectivity index (χ3v) is 6.80. The Morgan fingerprint density at radius 2 is 2.21 bits per heavy atom. The minimum Gasteiger partial charge on any atom is -0.391 e. The van der Waals surface area contributed by atoms with Crippen LogP contribution in [-0.4, -0.2) is 44.1 Å². The molecule has 5 nitrogen and oxygen atoms in total. The van der Waals surface area contributed by atoms with E-state index in [9.17, 15) is 13.5 Å². The molecule has 1 aromatic rings. The van der Waals surface area contributed by atoms with Gasteiger partial charge >= 0.3 is 0 Å². The maximum atomic E-state index is 12.6. The Morgan fingerprint density at radius 1 is 1.53 bits per heavy atom. The second-order valence-electron chi connectivity index (χ2n) is 4.67. The average Bonchev–Trinajstić information content (AvgIpc) is 3.11. The maximum Gasteiger partial charge on any atom is 0.252 e. The third-order valence-electron chi connectivity index (χ3n) is 3.17. The minimum absolute atomic E-state index is 0.111. The SMILES string of the molecule is COCCN(C1CC1)S(=O)(=O)c1cc(C)c(CO)s1. The Kier molecular flexibility index (Phi) is 4.62. The highest BCUT2D eigenvalue weighted by Crippen LogP contribution is 2.35. The summed E-state index contributed by atoms with van der Waals surface area (Å²) < 4.78 is 32.0. The molecule has 1 saturated carbocycles. The number of sulfonamides is 1. The van der Waals surface area contributed by atoms with Crippen LogP contribution in [-0.2, 0) is 21.4 Å². The van der Waals surface area contributed by atoms with Crippen LogP contribution >= 0.6 is 11.3 Å². The van der Waals surface area contributed by atoms with E-state index in [1.165, 1.54) is 4.31 Å². The highest BCUT2D eigenvalue weighted by atomic mass is 32.2. The molecule has 1 aromatic heterocycles. The summed E-state index contributed by atoms with van der Waals surface area (Å²) in [5.74, 6) is 0. The fraction of sp³-hybridized carbons (Fsp3) is 0.667. The molecule has 1 N–H and O–H groups in total. The highest BCUT2D eigenvalue weighted by molar-refractivity contribution is 7.91. The van der Waals surface area contributed by atoms with E-state index < -0.39 is 10.0 Å². The molecule has 1 aliphatic rings. The number of thiophene rings is 1. The van der Waals surface area contributed by atoms with Gasteiger partial charge in [0.2, 0.25) is 0 Å². The first-order valence-electron chi connectivity index (χ1n) is 6.21. The molecule has 0 bridgehead atoms. The summed E-state index contributed by atoms with van der Waals surface area (Å²) in [6.07, 6.45) is 1.83. The molecular formula is C12H19NO4S2. The van der Waals surface area contributed by atoms with E-state index in [0.717, 1.165) is 29.7 Å². The monoisotopic (exact) mass is 305 g/mol. The van der Waals surface area contributed by atoms with E-state index in [2.05, 4.69) is 0 Å². The lowest BCUT2D eigenvalue weighted by Crippen LogP contribution is -2.35. The van der Waals surface area contributed by atoms with Crippen molar-refractivity contribution in [2.24, 2.45) is 0 Å². The zero-order valence-corrected chi connectivity index (χ0v) is 12.8. The van der Waals surface area contributed by atoms with E-state index >= 15 is 0 Å². The molecule has 0 spiro atoms. The second-order valence-corrected chi connectivity index (χ2v) is 7.92. The molecule has 0 aromatic carbocycles. The number of hydrogen-bond donors (Lipinski definition) is 1. The summed E-state index contributed by atoms with van der Waals surface area (Å²) in [4.78, 5) is 0.709. The molecule has 0 saturated heterocycles. The lowest BCUT2D eigenvalue weighted by Gasteiger charge is -2.20. The molecule has 0 aliphatic heterocycles. The van der Waals surface area contributed by atoms with Crippen LogP contribution in [0.4, 0.5) is 0 Å². The number of rotatable bonds is 7. The molecule has 0 atom stereocenters. The van der Waals surface area contributed by atoms with Gasteiger partial charge in [0.05, 0.1) is 13.2 Å². The molecule has 19 heavy (non-hydrogen) atoms.